The van der Waals surface area contributed by atoms with Crippen molar-refractivity contribution in [1.82, 2.24) is 14.4 Å². The van der Waals surface area contributed by atoms with Gasteiger partial charge in [0.2, 0.25) is 11.8 Å². The lowest BCUT2D eigenvalue weighted by molar-refractivity contribution is -0.133. The number of nitrogens with zero attached hydrogens (tertiary/aromatic N) is 3. The highest BCUT2D eigenvalue weighted by molar-refractivity contribution is 6.03. The molecule has 0 radical (unpaired) electrons. The van der Waals surface area contributed by atoms with Crippen molar-refractivity contribution in [1.29, 1.82) is 0 Å². The molecule has 1 saturated heterocycles. The molecule has 0 unspecified atom stereocenters. The molecule has 140 valence electrons. The highest BCUT2D eigenvalue weighted by Crippen LogP contribution is 2.41. The van der Waals surface area contributed by atoms with E-state index in [2.05, 4.69) is 24.1 Å². The summed E-state index contributed by atoms with van der Waals surface area (Å²) in [5.41, 5.74) is 4.64. The fourth-order valence-electron chi connectivity index (χ4n) is 5.14. The van der Waals surface area contributed by atoms with Gasteiger partial charge in [-0.05, 0) is 49.1 Å². The average Bonchev–Trinajstić information content (AvgIpc) is 3.31. The number of carbonyl (C=O) groups excluding carboxylic acids is 2. The molecule has 1 aromatic heterocycles. The van der Waals surface area contributed by atoms with E-state index < -0.39 is 0 Å². The van der Waals surface area contributed by atoms with Gasteiger partial charge in [0, 0.05) is 44.2 Å². The predicted molar refractivity (Wildman–Crippen MR) is 106 cm³/mol. The SMILES string of the molecule is CC(=O)n1cc2c3c(cccc31)C1=C[C@@H](C(=O)N3CCCC3)CN(C)[C@@H]1C2. The second kappa shape index (κ2) is 6.06. The van der Waals surface area contributed by atoms with Crippen LogP contribution >= 0.6 is 0 Å². The lowest BCUT2D eigenvalue weighted by Crippen LogP contribution is -2.47. The van der Waals surface area contributed by atoms with E-state index in [9.17, 15) is 9.59 Å². The molecule has 2 aromatic rings. The molecule has 2 atom stereocenters. The van der Waals surface area contributed by atoms with E-state index in [1.807, 2.05) is 23.2 Å². The van der Waals surface area contributed by atoms with Gasteiger partial charge in [-0.15, -0.1) is 0 Å². The summed E-state index contributed by atoms with van der Waals surface area (Å²) in [5.74, 6) is 0.230. The van der Waals surface area contributed by atoms with Crippen LogP contribution in [-0.2, 0) is 11.2 Å². The van der Waals surface area contributed by atoms with Crippen LogP contribution in [-0.4, -0.2) is 58.9 Å². The van der Waals surface area contributed by atoms with Crippen LogP contribution in [0.3, 0.4) is 0 Å². The van der Waals surface area contributed by atoms with Crippen LogP contribution in [0.1, 0.15) is 35.7 Å². The normalized spacial score (nSPS) is 24.8. The van der Waals surface area contributed by atoms with E-state index in [0.717, 1.165) is 44.4 Å². The highest BCUT2D eigenvalue weighted by atomic mass is 16.2. The molecule has 5 nitrogen and oxygen atoms in total. The van der Waals surface area contributed by atoms with Crippen molar-refractivity contribution < 1.29 is 9.59 Å². The molecule has 0 N–H and O–H groups in total. The number of aromatic nitrogens is 1. The van der Waals surface area contributed by atoms with Crippen LogP contribution in [0.2, 0.25) is 0 Å². The number of likely N-dealkylation sites (N-methyl/N-ethyl adjacent to an activating group) is 1. The summed E-state index contributed by atoms with van der Waals surface area (Å²) in [6.45, 7) is 4.17. The van der Waals surface area contributed by atoms with Crippen molar-refractivity contribution in [2.75, 3.05) is 26.7 Å². The quantitative estimate of drug-likeness (QED) is 0.783. The van der Waals surface area contributed by atoms with Gasteiger partial charge in [0.15, 0.2) is 0 Å². The van der Waals surface area contributed by atoms with Gasteiger partial charge in [-0.3, -0.25) is 19.1 Å². The van der Waals surface area contributed by atoms with Crippen LogP contribution in [0.5, 0.6) is 0 Å². The monoisotopic (exact) mass is 363 g/mol. The van der Waals surface area contributed by atoms with Crippen LogP contribution < -0.4 is 0 Å². The van der Waals surface area contributed by atoms with Gasteiger partial charge in [0.25, 0.3) is 0 Å². The standard InChI is InChI=1S/C22H25N3O2/c1-14(26)25-13-15-11-20-18(17-6-5-7-19(25)21(15)17)10-16(12-23(20)2)22(27)24-8-3-4-9-24/h5-7,10,13,16,20H,3-4,8-9,11-12H2,1-2H3/t16-,20-/m1/s1. The van der Waals surface area contributed by atoms with Crippen LogP contribution in [0, 0.1) is 5.92 Å². The molecule has 0 spiro atoms. The highest BCUT2D eigenvalue weighted by Gasteiger charge is 2.37. The minimum atomic E-state index is -0.0777. The molecule has 3 aliphatic rings. The third kappa shape index (κ3) is 2.48. The first-order chi connectivity index (χ1) is 13.0. The number of hydrogen-bond acceptors (Lipinski definition) is 3. The summed E-state index contributed by atoms with van der Waals surface area (Å²) in [4.78, 5) is 29.4. The maximum Gasteiger partial charge on any atom is 0.230 e. The third-order valence-electron chi connectivity index (χ3n) is 6.46. The predicted octanol–water partition coefficient (Wildman–Crippen LogP) is 2.79. The number of likely N-dealkylation sites (tertiary alicyclic amines) is 1. The van der Waals surface area contributed by atoms with Gasteiger partial charge in [-0.2, -0.15) is 0 Å². The number of hydrogen-bond donors (Lipinski definition) is 0. The molecule has 2 aliphatic heterocycles. The lowest BCUT2D eigenvalue weighted by Gasteiger charge is -2.40. The Labute approximate surface area is 159 Å². The molecule has 1 aromatic carbocycles. The molecule has 1 fully saturated rings. The average molecular weight is 363 g/mol. The van der Waals surface area contributed by atoms with E-state index in [4.69, 9.17) is 0 Å². The van der Waals surface area contributed by atoms with Gasteiger partial charge in [0.1, 0.15) is 0 Å². The Hall–Kier alpha value is -2.40. The Morgan fingerprint density at radius 3 is 2.67 bits per heavy atom. The van der Waals surface area contributed by atoms with Crippen molar-refractivity contribution in [3.05, 3.63) is 41.6 Å². The summed E-state index contributed by atoms with van der Waals surface area (Å²) >= 11 is 0. The first-order valence-electron chi connectivity index (χ1n) is 9.89. The second-order valence-electron chi connectivity index (χ2n) is 8.16. The van der Waals surface area contributed by atoms with Crippen molar-refractivity contribution >= 4 is 28.3 Å². The third-order valence-corrected chi connectivity index (χ3v) is 6.46. The van der Waals surface area contributed by atoms with Gasteiger partial charge < -0.3 is 4.90 Å². The molecular formula is C22H25N3O2. The zero-order valence-corrected chi connectivity index (χ0v) is 15.9. The molecular weight excluding hydrogens is 338 g/mol. The van der Waals surface area contributed by atoms with Crippen molar-refractivity contribution in [2.45, 2.75) is 32.2 Å². The molecule has 0 saturated carbocycles. The Morgan fingerprint density at radius 1 is 1.15 bits per heavy atom. The molecule has 1 amide bonds. The van der Waals surface area contributed by atoms with E-state index in [-0.39, 0.29) is 23.8 Å². The number of benzene rings is 1. The largest absolute Gasteiger partial charge is 0.342 e. The lowest BCUT2D eigenvalue weighted by atomic mass is 9.79. The Morgan fingerprint density at radius 2 is 1.93 bits per heavy atom. The second-order valence-corrected chi connectivity index (χ2v) is 8.16. The summed E-state index contributed by atoms with van der Waals surface area (Å²) in [7, 11) is 2.12. The van der Waals surface area contributed by atoms with Crippen molar-refractivity contribution in [2.24, 2.45) is 5.92 Å². The Kier molecular flexibility index (Phi) is 3.76. The first-order valence-corrected chi connectivity index (χ1v) is 9.89. The van der Waals surface area contributed by atoms with E-state index >= 15 is 0 Å². The van der Waals surface area contributed by atoms with E-state index in [1.54, 1.807) is 11.5 Å². The number of rotatable bonds is 1. The molecule has 1 aliphatic carbocycles. The summed E-state index contributed by atoms with van der Waals surface area (Å²) in [5, 5.41) is 1.18. The molecule has 3 heterocycles. The maximum absolute atomic E-state index is 13.0. The maximum atomic E-state index is 13.0. The molecule has 5 heteroatoms. The van der Waals surface area contributed by atoms with Crippen LogP contribution in [0.15, 0.2) is 30.5 Å². The minimum absolute atomic E-state index is 0.0395. The Balaban J connectivity index is 1.62. The minimum Gasteiger partial charge on any atom is -0.342 e. The zero-order chi connectivity index (χ0) is 18.7. The molecule has 0 bridgehead atoms. The fourth-order valence-corrected chi connectivity index (χ4v) is 5.14. The van der Waals surface area contributed by atoms with Crippen LogP contribution in [0.25, 0.3) is 16.5 Å². The van der Waals surface area contributed by atoms with Crippen LogP contribution in [0.4, 0.5) is 0 Å². The smallest absolute Gasteiger partial charge is 0.230 e. The van der Waals surface area contributed by atoms with Gasteiger partial charge >= 0.3 is 0 Å². The van der Waals surface area contributed by atoms with Crippen molar-refractivity contribution in [3.63, 3.8) is 0 Å². The molecule has 5 rings (SSSR count). The topological polar surface area (TPSA) is 45.6 Å². The number of amides is 1. The number of fused-ring (bicyclic) bond motifs is 2. The van der Waals surface area contributed by atoms with Crippen molar-refractivity contribution in [3.8, 4) is 0 Å². The summed E-state index contributed by atoms with van der Waals surface area (Å²) in [6, 6.07) is 6.46. The summed E-state index contributed by atoms with van der Waals surface area (Å²) < 4.78 is 1.76. The molecule has 27 heavy (non-hydrogen) atoms. The van der Waals surface area contributed by atoms with E-state index in [0.29, 0.717) is 0 Å². The Bertz CT molecular complexity index is 981. The summed E-state index contributed by atoms with van der Waals surface area (Å²) in [6.07, 6.45) is 7.35. The van der Waals surface area contributed by atoms with Gasteiger partial charge in [-0.25, -0.2) is 0 Å². The van der Waals surface area contributed by atoms with Gasteiger partial charge in [0.05, 0.1) is 11.4 Å². The first kappa shape index (κ1) is 16.8. The van der Waals surface area contributed by atoms with Gasteiger partial charge in [-0.1, -0.05) is 18.2 Å². The zero-order valence-electron chi connectivity index (χ0n) is 15.9. The number of carbonyl (C=O) groups is 2. The van der Waals surface area contributed by atoms with E-state index in [1.165, 1.54) is 22.1 Å². The fraction of sp³-hybridized carbons (Fsp3) is 0.455.